The lowest BCUT2D eigenvalue weighted by Crippen LogP contribution is -2.50. The van der Waals surface area contributed by atoms with E-state index in [-0.39, 0.29) is 0 Å². The molecule has 2 fully saturated rings. The summed E-state index contributed by atoms with van der Waals surface area (Å²) in [7, 11) is 0. The quantitative estimate of drug-likeness (QED) is 0.748. The van der Waals surface area contributed by atoms with E-state index in [1.807, 2.05) is 0 Å². The first-order valence-electron chi connectivity index (χ1n) is 6.90. The van der Waals surface area contributed by atoms with Gasteiger partial charge in [-0.1, -0.05) is 13.3 Å². The van der Waals surface area contributed by atoms with Crippen LogP contribution in [-0.4, -0.2) is 43.3 Å². The molecule has 0 amide bonds. The van der Waals surface area contributed by atoms with Gasteiger partial charge in [0.05, 0.1) is 6.10 Å². The smallest absolute Gasteiger partial charge is 0.0743 e. The zero-order chi connectivity index (χ0) is 11.4. The Kier molecular flexibility index (Phi) is 4.62. The minimum atomic E-state index is 0.394. The maximum Gasteiger partial charge on any atom is 0.0743 e. The summed E-state index contributed by atoms with van der Waals surface area (Å²) in [5.74, 6) is 0.926. The summed E-state index contributed by atoms with van der Waals surface area (Å²) in [6.07, 6.45) is 7.06. The van der Waals surface area contributed by atoms with Crippen LogP contribution in [0.1, 0.15) is 39.0 Å². The lowest BCUT2D eigenvalue weighted by atomic mass is 9.84. The highest BCUT2D eigenvalue weighted by molar-refractivity contribution is 4.85. The zero-order valence-electron chi connectivity index (χ0n) is 10.5. The summed E-state index contributed by atoms with van der Waals surface area (Å²) in [6.45, 7) is 6.26. The molecule has 2 aliphatic rings. The summed E-state index contributed by atoms with van der Waals surface area (Å²) < 4.78 is 5.80. The van der Waals surface area contributed by atoms with Crippen LogP contribution in [0.5, 0.6) is 0 Å². The number of nitrogens with two attached hydrogens (primary N) is 1. The van der Waals surface area contributed by atoms with Gasteiger partial charge in [-0.2, -0.15) is 0 Å². The molecule has 1 aliphatic heterocycles. The number of rotatable bonds is 6. The summed E-state index contributed by atoms with van der Waals surface area (Å²) >= 11 is 0. The Hall–Kier alpha value is -0.120. The van der Waals surface area contributed by atoms with Crippen molar-refractivity contribution in [1.82, 2.24) is 4.90 Å². The van der Waals surface area contributed by atoms with Gasteiger partial charge in [-0.15, -0.1) is 0 Å². The molecule has 16 heavy (non-hydrogen) atoms. The van der Waals surface area contributed by atoms with Gasteiger partial charge in [0.15, 0.2) is 0 Å². The van der Waals surface area contributed by atoms with Gasteiger partial charge in [0, 0.05) is 25.7 Å². The molecule has 1 aliphatic carbocycles. The van der Waals surface area contributed by atoms with Crippen molar-refractivity contribution >= 4 is 0 Å². The van der Waals surface area contributed by atoms with Crippen LogP contribution in [0.25, 0.3) is 0 Å². The molecule has 1 heterocycles. The summed E-state index contributed by atoms with van der Waals surface area (Å²) in [5, 5.41) is 0. The first kappa shape index (κ1) is 12.3. The van der Waals surface area contributed by atoms with Crippen LogP contribution in [-0.2, 0) is 4.74 Å². The Bertz CT molecular complexity index is 200. The highest BCUT2D eigenvalue weighted by Crippen LogP contribution is 2.29. The van der Waals surface area contributed by atoms with Crippen molar-refractivity contribution in [3.05, 3.63) is 0 Å². The van der Waals surface area contributed by atoms with Gasteiger partial charge < -0.3 is 10.5 Å². The molecule has 94 valence electrons. The molecule has 0 aromatic heterocycles. The van der Waals surface area contributed by atoms with E-state index in [2.05, 4.69) is 11.8 Å². The Morgan fingerprint density at radius 2 is 2.12 bits per heavy atom. The SMILES string of the molecule is CCN(CC1CCC1)C(CN)C1CCCO1. The topological polar surface area (TPSA) is 38.5 Å². The predicted molar refractivity (Wildman–Crippen MR) is 66.4 cm³/mol. The van der Waals surface area contributed by atoms with Gasteiger partial charge in [0.2, 0.25) is 0 Å². The van der Waals surface area contributed by atoms with Crippen LogP contribution < -0.4 is 5.73 Å². The second kappa shape index (κ2) is 5.99. The third-order valence-electron chi connectivity index (χ3n) is 4.23. The molecule has 1 saturated heterocycles. The van der Waals surface area contributed by atoms with Crippen molar-refractivity contribution in [2.45, 2.75) is 51.2 Å². The van der Waals surface area contributed by atoms with Crippen molar-refractivity contribution in [2.24, 2.45) is 11.7 Å². The van der Waals surface area contributed by atoms with Crippen molar-refractivity contribution in [1.29, 1.82) is 0 Å². The Morgan fingerprint density at radius 3 is 2.56 bits per heavy atom. The fraction of sp³-hybridized carbons (Fsp3) is 1.00. The molecule has 0 bridgehead atoms. The van der Waals surface area contributed by atoms with E-state index < -0.39 is 0 Å². The number of likely N-dealkylation sites (N-methyl/N-ethyl adjacent to an activating group) is 1. The van der Waals surface area contributed by atoms with Gasteiger partial charge in [-0.05, 0) is 38.1 Å². The number of hydrogen-bond acceptors (Lipinski definition) is 3. The molecule has 1 saturated carbocycles. The van der Waals surface area contributed by atoms with Crippen LogP contribution in [0.4, 0.5) is 0 Å². The van der Waals surface area contributed by atoms with E-state index in [4.69, 9.17) is 10.5 Å². The molecular formula is C13H26N2O. The lowest BCUT2D eigenvalue weighted by molar-refractivity contribution is 0.0174. The molecule has 0 aromatic carbocycles. The molecule has 0 aromatic rings. The Labute approximate surface area is 99.3 Å². The molecule has 2 atom stereocenters. The van der Waals surface area contributed by atoms with Crippen LogP contribution in [0.3, 0.4) is 0 Å². The van der Waals surface area contributed by atoms with Gasteiger partial charge in [0.25, 0.3) is 0 Å². The van der Waals surface area contributed by atoms with Gasteiger partial charge in [0.1, 0.15) is 0 Å². The van der Waals surface area contributed by atoms with E-state index in [1.165, 1.54) is 38.6 Å². The van der Waals surface area contributed by atoms with E-state index in [9.17, 15) is 0 Å². The second-order valence-corrected chi connectivity index (χ2v) is 5.24. The minimum absolute atomic E-state index is 0.394. The summed E-state index contributed by atoms with van der Waals surface area (Å²) in [6, 6.07) is 0.452. The van der Waals surface area contributed by atoms with Gasteiger partial charge in [-0.3, -0.25) is 4.90 Å². The third kappa shape index (κ3) is 2.76. The fourth-order valence-electron chi connectivity index (χ4n) is 2.95. The maximum absolute atomic E-state index is 5.94. The van der Waals surface area contributed by atoms with Gasteiger partial charge in [-0.25, -0.2) is 0 Å². The zero-order valence-corrected chi connectivity index (χ0v) is 10.5. The van der Waals surface area contributed by atoms with Crippen LogP contribution in [0, 0.1) is 5.92 Å². The molecule has 2 unspecified atom stereocenters. The molecule has 2 rings (SSSR count). The lowest BCUT2D eigenvalue weighted by Gasteiger charge is -2.38. The second-order valence-electron chi connectivity index (χ2n) is 5.24. The minimum Gasteiger partial charge on any atom is -0.377 e. The standard InChI is InChI=1S/C13H26N2O/c1-2-15(10-11-5-3-6-11)12(9-14)13-7-4-8-16-13/h11-13H,2-10,14H2,1H3. The van der Waals surface area contributed by atoms with Crippen LogP contribution in [0.2, 0.25) is 0 Å². The summed E-state index contributed by atoms with van der Waals surface area (Å²) in [5.41, 5.74) is 5.94. The first-order chi connectivity index (χ1) is 7.85. The highest BCUT2D eigenvalue weighted by atomic mass is 16.5. The molecule has 3 heteroatoms. The van der Waals surface area contributed by atoms with Gasteiger partial charge >= 0.3 is 0 Å². The number of hydrogen-bond donors (Lipinski definition) is 1. The van der Waals surface area contributed by atoms with E-state index in [0.717, 1.165) is 25.6 Å². The maximum atomic E-state index is 5.94. The van der Waals surface area contributed by atoms with Crippen molar-refractivity contribution in [3.63, 3.8) is 0 Å². The first-order valence-corrected chi connectivity index (χ1v) is 6.90. The Balaban J connectivity index is 1.87. The highest BCUT2D eigenvalue weighted by Gasteiger charge is 2.31. The summed E-state index contributed by atoms with van der Waals surface area (Å²) in [4.78, 5) is 2.56. The normalized spacial score (nSPS) is 28.3. The van der Waals surface area contributed by atoms with Crippen LogP contribution >= 0.6 is 0 Å². The van der Waals surface area contributed by atoms with Crippen molar-refractivity contribution in [2.75, 3.05) is 26.2 Å². The third-order valence-corrected chi connectivity index (χ3v) is 4.23. The Morgan fingerprint density at radius 1 is 1.31 bits per heavy atom. The van der Waals surface area contributed by atoms with Crippen molar-refractivity contribution < 1.29 is 4.74 Å². The monoisotopic (exact) mass is 226 g/mol. The average molecular weight is 226 g/mol. The molecule has 0 spiro atoms. The average Bonchev–Trinajstić information content (AvgIpc) is 2.74. The fourth-order valence-corrected chi connectivity index (χ4v) is 2.95. The molecule has 2 N–H and O–H groups in total. The van der Waals surface area contributed by atoms with Crippen LogP contribution in [0.15, 0.2) is 0 Å². The molecule has 3 nitrogen and oxygen atoms in total. The van der Waals surface area contributed by atoms with E-state index in [0.29, 0.717) is 12.1 Å². The molecule has 0 radical (unpaired) electrons. The largest absolute Gasteiger partial charge is 0.377 e. The van der Waals surface area contributed by atoms with E-state index in [1.54, 1.807) is 0 Å². The number of nitrogens with zero attached hydrogens (tertiary/aromatic N) is 1. The number of ether oxygens (including phenoxy) is 1. The van der Waals surface area contributed by atoms with Crippen molar-refractivity contribution in [3.8, 4) is 0 Å². The predicted octanol–water partition coefficient (Wildman–Crippen LogP) is 1.61. The van der Waals surface area contributed by atoms with E-state index >= 15 is 0 Å². The molecular weight excluding hydrogens is 200 g/mol.